The summed E-state index contributed by atoms with van der Waals surface area (Å²) >= 11 is 0. The zero-order chi connectivity index (χ0) is 7.56. The van der Waals surface area contributed by atoms with E-state index >= 15 is 0 Å². The van der Waals surface area contributed by atoms with Crippen molar-refractivity contribution in [3.05, 3.63) is 12.3 Å². The van der Waals surface area contributed by atoms with E-state index in [1.165, 1.54) is 13.0 Å². The monoisotopic (exact) mass is 139 g/mol. The minimum absolute atomic E-state index is 0.707. The fourth-order valence-corrected chi connectivity index (χ4v) is 1.23. The van der Waals surface area contributed by atoms with Gasteiger partial charge in [0.2, 0.25) is 0 Å². The average molecular weight is 139 g/mol. The Morgan fingerprint density at radius 1 is 1.30 bits per heavy atom. The van der Waals surface area contributed by atoms with Crippen LogP contribution in [0.2, 0.25) is 0 Å². The Bertz CT molecular complexity index is 127. The van der Waals surface area contributed by atoms with Crippen LogP contribution in [0.4, 0.5) is 0 Å². The molecule has 0 fully saturated rings. The summed E-state index contributed by atoms with van der Waals surface area (Å²) in [4.78, 5) is 2.42. The van der Waals surface area contributed by atoms with Gasteiger partial charge in [0.1, 0.15) is 0 Å². The molecule has 1 rings (SSSR count). The maximum Gasteiger partial charge on any atom is 0.0279 e. The number of hydrogen-bond acceptors (Lipinski definition) is 1. The summed E-state index contributed by atoms with van der Waals surface area (Å²) in [5.41, 5.74) is 0. The first-order valence-corrected chi connectivity index (χ1v) is 4.14. The first-order chi connectivity index (χ1) is 4.72. The minimum atomic E-state index is 0.707. The molecule has 1 aliphatic rings. The summed E-state index contributed by atoms with van der Waals surface area (Å²) in [6, 6.07) is 0.707. The third-order valence-electron chi connectivity index (χ3n) is 2.34. The van der Waals surface area contributed by atoms with Gasteiger partial charge in [-0.15, -0.1) is 0 Å². The molecule has 1 nitrogen and oxygen atoms in total. The van der Waals surface area contributed by atoms with Gasteiger partial charge in [-0.2, -0.15) is 0 Å². The van der Waals surface area contributed by atoms with E-state index in [4.69, 9.17) is 0 Å². The van der Waals surface area contributed by atoms with Crippen molar-refractivity contribution in [3.8, 4) is 0 Å². The van der Waals surface area contributed by atoms with Crippen LogP contribution in [0, 0.1) is 5.92 Å². The predicted octanol–water partition coefficient (Wildman–Crippen LogP) is 2.25. The molecular formula is C9H17N. The van der Waals surface area contributed by atoms with Crippen molar-refractivity contribution >= 4 is 0 Å². The Hall–Kier alpha value is -0.460. The molecule has 0 aromatic heterocycles. The molecule has 1 aliphatic heterocycles. The molecule has 1 unspecified atom stereocenters. The van der Waals surface area contributed by atoms with Crippen molar-refractivity contribution in [2.45, 2.75) is 33.2 Å². The topological polar surface area (TPSA) is 3.24 Å². The van der Waals surface area contributed by atoms with E-state index in [2.05, 4.69) is 37.9 Å². The average Bonchev–Trinajstić information content (AvgIpc) is 2.36. The van der Waals surface area contributed by atoms with Crippen molar-refractivity contribution < 1.29 is 0 Å². The smallest absolute Gasteiger partial charge is 0.0279 e. The van der Waals surface area contributed by atoms with E-state index in [1.807, 2.05) is 0 Å². The van der Waals surface area contributed by atoms with Crippen molar-refractivity contribution in [1.29, 1.82) is 0 Å². The van der Waals surface area contributed by atoms with Crippen LogP contribution < -0.4 is 0 Å². The summed E-state index contributed by atoms with van der Waals surface area (Å²) in [6.45, 7) is 8.06. The molecule has 0 aromatic carbocycles. The Kier molecular flexibility index (Phi) is 2.36. The van der Waals surface area contributed by atoms with Gasteiger partial charge >= 0.3 is 0 Å². The van der Waals surface area contributed by atoms with Crippen LogP contribution in [-0.2, 0) is 0 Å². The van der Waals surface area contributed by atoms with Crippen LogP contribution in [0.25, 0.3) is 0 Å². The molecule has 1 heterocycles. The molecule has 1 heteroatoms. The zero-order valence-electron chi connectivity index (χ0n) is 7.17. The molecule has 58 valence electrons. The highest BCUT2D eigenvalue weighted by Crippen LogP contribution is 2.14. The van der Waals surface area contributed by atoms with Crippen molar-refractivity contribution in [2.24, 2.45) is 5.92 Å². The third kappa shape index (κ3) is 1.53. The molecule has 0 aromatic rings. The molecule has 1 atom stereocenters. The Labute approximate surface area is 63.7 Å². The van der Waals surface area contributed by atoms with Gasteiger partial charge in [0.05, 0.1) is 0 Å². The van der Waals surface area contributed by atoms with Gasteiger partial charge in [-0.25, -0.2) is 0 Å². The zero-order valence-corrected chi connectivity index (χ0v) is 7.17. The largest absolute Gasteiger partial charge is 0.374 e. The minimum Gasteiger partial charge on any atom is -0.374 e. The molecule has 0 aliphatic carbocycles. The van der Waals surface area contributed by atoms with Gasteiger partial charge in [-0.3, -0.25) is 0 Å². The lowest BCUT2D eigenvalue weighted by atomic mass is 10.1. The maximum absolute atomic E-state index is 2.42. The Balaban J connectivity index is 2.40. The lowest BCUT2D eigenvalue weighted by molar-refractivity contribution is 0.254. The van der Waals surface area contributed by atoms with E-state index in [-0.39, 0.29) is 0 Å². The first kappa shape index (κ1) is 7.64. The van der Waals surface area contributed by atoms with Gasteiger partial charge in [-0.05, 0) is 25.5 Å². The lowest BCUT2D eigenvalue weighted by Crippen LogP contribution is -2.30. The quantitative estimate of drug-likeness (QED) is 0.567. The standard InChI is InChI=1S/C9H17N/c1-8(2)9(3)10-6-4-5-7-10/h4,6,8-9H,5,7H2,1-3H3. The van der Waals surface area contributed by atoms with Gasteiger partial charge in [0, 0.05) is 12.6 Å². The molecule has 0 amide bonds. The summed E-state index contributed by atoms with van der Waals surface area (Å²) in [5, 5.41) is 0. The summed E-state index contributed by atoms with van der Waals surface area (Å²) in [7, 11) is 0. The highest BCUT2D eigenvalue weighted by Gasteiger charge is 2.14. The second-order valence-electron chi connectivity index (χ2n) is 3.40. The lowest BCUT2D eigenvalue weighted by Gasteiger charge is -2.27. The van der Waals surface area contributed by atoms with E-state index in [0.29, 0.717) is 6.04 Å². The SMILES string of the molecule is CC(C)C(C)N1C=CCC1. The van der Waals surface area contributed by atoms with E-state index in [9.17, 15) is 0 Å². The van der Waals surface area contributed by atoms with Crippen molar-refractivity contribution in [1.82, 2.24) is 4.90 Å². The van der Waals surface area contributed by atoms with Crippen molar-refractivity contribution in [2.75, 3.05) is 6.54 Å². The number of rotatable bonds is 2. The van der Waals surface area contributed by atoms with Gasteiger partial charge in [0.15, 0.2) is 0 Å². The van der Waals surface area contributed by atoms with Gasteiger partial charge < -0.3 is 4.90 Å². The third-order valence-corrected chi connectivity index (χ3v) is 2.34. The second kappa shape index (κ2) is 3.09. The highest BCUT2D eigenvalue weighted by atomic mass is 15.1. The van der Waals surface area contributed by atoms with E-state index in [1.54, 1.807) is 0 Å². The first-order valence-electron chi connectivity index (χ1n) is 4.14. The van der Waals surface area contributed by atoms with E-state index in [0.717, 1.165) is 5.92 Å². The van der Waals surface area contributed by atoms with Crippen LogP contribution in [0.15, 0.2) is 12.3 Å². The molecule has 10 heavy (non-hydrogen) atoms. The maximum atomic E-state index is 2.42. The molecular weight excluding hydrogens is 122 g/mol. The van der Waals surface area contributed by atoms with Crippen LogP contribution in [0.3, 0.4) is 0 Å². The van der Waals surface area contributed by atoms with E-state index < -0.39 is 0 Å². The fraction of sp³-hybridized carbons (Fsp3) is 0.778. The summed E-state index contributed by atoms with van der Waals surface area (Å²) < 4.78 is 0. The number of nitrogens with zero attached hydrogens (tertiary/aromatic N) is 1. The molecule has 0 radical (unpaired) electrons. The van der Waals surface area contributed by atoms with Crippen LogP contribution >= 0.6 is 0 Å². The molecule has 0 N–H and O–H groups in total. The molecule has 0 bridgehead atoms. The van der Waals surface area contributed by atoms with Gasteiger partial charge in [-0.1, -0.05) is 19.9 Å². The Morgan fingerprint density at radius 2 is 2.00 bits per heavy atom. The summed E-state index contributed by atoms with van der Waals surface area (Å²) in [5.74, 6) is 0.766. The van der Waals surface area contributed by atoms with Gasteiger partial charge in [0.25, 0.3) is 0 Å². The van der Waals surface area contributed by atoms with Crippen LogP contribution in [0.1, 0.15) is 27.2 Å². The normalized spacial score (nSPS) is 20.6. The predicted molar refractivity (Wildman–Crippen MR) is 44.8 cm³/mol. The number of hydrogen-bond donors (Lipinski definition) is 0. The Morgan fingerprint density at radius 3 is 2.40 bits per heavy atom. The van der Waals surface area contributed by atoms with Crippen molar-refractivity contribution in [3.63, 3.8) is 0 Å². The molecule has 0 spiro atoms. The van der Waals surface area contributed by atoms with Crippen LogP contribution in [-0.4, -0.2) is 17.5 Å². The molecule has 0 saturated carbocycles. The highest BCUT2D eigenvalue weighted by molar-refractivity contribution is 4.93. The fourth-order valence-electron chi connectivity index (χ4n) is 1.23. The second-order valence-corrected chi connectivity index (χ2v) is 3.40. The molecule has 0 saturated heterocycles. The van der Waals surface area contributed by atoms with Crippen LogP contribution in [0.5, 0.6) is 0 Å². The summed E-state index contributed by atoms with van der Waals surface area (Å²) in [6.07, 6.45) is 5.71.